The molecule has 0 saturated carbocycles. The van der Waals surface area contributed by atoms with Gasteiger partial charge in [-0.1, -0.05) is 12.1 Å². The average Bonchev–Trinajstić information content (AvgIpc) is 3.11. The van der Waals surface area contributed by atoms with E-state index in [0.717, 1.165) is 5.56 Å². The van der Waals surface area contributed by atoms with Gasteiger partial charge in [-0.3, -0.25) is 9.59 Å². The summed E-state index contributed by atoms with van der Waals surface area (Å²) in [5, 5.41) is 7.56. The lowest BCUT2D eigenvalue weighted by Crippen LogP contribution is -2.39. The topological polar surface area (TPSA) is 80.3 Å². The number of hydrogen-bond donors (Lipinski definition) is 2. The number of rotatable bonds is 4. The Morgan fingerprint density at radius 3 is 2.81 bits per heavy atom. The average molecular weight is 383 g/mol. The lowest BCUT2D eigenvalue weighted by Gasteiger charge is -2.25. The van der Waals surface area contributed by atoms with Crippen LogP contribution in [0.1, 0.15) is 6.42 Å². The van der Waals surface area contributed by atoms with E-state index < -0.39 is 6.10 Å². The van der Waals surface area contributed by atoms with Gasteiger partial charge in [0.2, 0.25) is 5.91 Å². The number of para-hydroxylation sites is 2. The third-order valence-electron chi connectivity index (χ3n) is 3.97. The predicted molar refractivity (Wildman–Crippen MR) is 100 cm³/mol. The van der Waals surface area contributed by atoms with E-state index in [1.54, 1.807) is 41.8 Å². The second kappa shape index (κ2) is 7.16. The molecular weight excluding hydrogens is 369 g/mol. The molecule has 2 amide bonds. The van der Waals surface area contributed by atoms with Gasteiger partial charge in [-0.15, -0.1) is 11.3 Å². The molecule has 2 N–H and O–H groups in total. The van der Waals surface area contributed by atoms with Crippen molar-refractivity contribution in [1.82, 2.24) is 4.98 Å². The molecule has 0 spiro atoms. The maximum Gasteiger partial charge on any atom is 0.266 e. The second-order valence-electron chi connectivity index (χ2n) is 5.89. The van der Waals surface area contributed by atoms with Crippen molar-refractivity contribution in [3.8, 4) is 17.0 Å². The van der Waals surface area contributed by atoms with Crippen LogP contribution in [0.25, 0.3) is 11.3 Å². The molecule has 4 rings (SSSR count). The summed E-state index contributed by atoms with van der Waals surface area (Å²) in [6, 6.07) is 13.0. The summed E-state index contributed by atoms with van der Waals surface area (Å²) in [4.78, 5) is 28.7. The van der Waals surface area contributed by atoms with Crippen LogP contribution < -0.4 is 15.4 Å². The minimum Gasteiger partial charge on any atom is -0.478 e. The van der Waals surface area contributed by atoms with Gasteiger partial charge >= 0.3 is 0 Å². The zero-order chi connectivity index (χ0) is 18.8. The molecule has 0 aliphatic carbocycles. The molecule has 27 heavy (non-hydrogen) atoms. The van der Waals surface area contributed by atoms with Crippen LogP contribution in [0.3, 0.4) is 0 Å². The van der Waals surface area contributed by atoms with Gasteiger partial charge < -0.3 is 15.4 Å². The molecule has 2 aromatic carbocycles. The van der Waals surface area contributed by atoms with Gasteiger partial charge in [0.15, 0.2) is 11.2 Å². The first-order chi connectivity index (χ1) is 13.1. The molecule has 0 bridgehead atoms. The normalized spacial score (nSPS) is 15.4. The maximum absolute atomic E-state index is 13.0. The molecule has 2 heterocycles. The van der Waals surface area contributed by atoms with E-state index in [9.17, 15) is 14.0 Å². The molecule has 0 fully saturated rings. The van der Waals surface area contributed by atoms with Crippen LogP contribution in [0.4, 0.5) is 15.2 Å². The number of nitrogens with zero attached hydrogens (tertiary/aromatic N) is 1. The molecule has 3 aromatic rings. The summed E-state index contributed by atoms with van der Waals surface area (Å²) < 4.78 is 18.6. The van der Waals surface area contributed by atoms with Crippen molar-refractivity contribution in [2.24, 2.45) is 0 Å². The van der Waals surface area contributed by atoms with Crippen LogP contribution in [-0.4, -0.2) is 22.9 Å². The van der Waals surface area contributed by atoms with Crippen molar-refractivity contribution >= 4 is 34.0 Å². The zero-order valence-corrected chi connectivity index (χ0v) is 14.8. The fourth-order valence-electron chi connectivity index (χ4n) is 2.65. The maximum atomic E-state index is 13.0. The molecule has 0 saturated heterocycles. The quantitative estimate of drug-likeness (QED) is 0.720. The molecule has 1 aliphatic heterocycles. The van der Waals surface area contributed by atoms with Gasteiger partial charge in [0.25, 0.3) is 5.91 Å². The Labute approximate surface area is 158 Å². The zero-order valence-electron chi connectivity index (χ0n) is 13.9. The minimum absolute atomic E-state index is 0.133. The standard InChI is InChI=1S/C19H14FN3O3S/c20-12-7-5-11(6-8-12)14-10-27-19(22-14)23-17(24)9-16-18(25)21-13-3-1-2-4-15(13)26-16/h1-8,10,16H,9H2,(H,21,25)(H,22,23,24)/t16-/m1/s1. The monoisotopic (exact) mass is 383 g/mol. The predicted octanol–water partition coefficient (Wildman–Crippen LogP) is 3.68. The number of carbonyl (C=O) groups excluding carboxylic acids is 2. The van der Waals surface area contributed by atoms with Gasteiger partial charge in [0.05, 0.1) is 17.8 Å². The highest BCUT2D eigenvalue weighted by molar-refractivity contribution is 7.14. The number of amides is 2. The Morgan fingerprint density at radius 2 is 2.00 bits per heavy atom. The van der Waals surface area contributed by atoms with E-state index in [2.05, 4.69) is 15.6 Å². The summed E-state index contributed by atoms with van der Waals surface area (Å²) in [5.74, 6) is -0.540. The number of hydrogen-bond acceptors (Lipinski definition) is 5. The fraction of sp³-hybridized carbons (Fsp3) is 0.105. The largest absolute Gasteiger partial charge is 0.478 e. The van der Waals surface area contributed by atoms with Gasteiger partial charge in [0.1, 0.15) is 11.6 Å². The second-order valence-corrected chi connectivity index (χ2v) is 6.75. The number of aromatic nitrogens is 1. The molecule has 6 nitrogen and oxygen atoms in total. The Morgan fingerprint density at radius 1 is 1.22 bits per heavy atom. The number of fused-ring (bicyclic) bond motifs is 1. The Hall–Kier alpha value is -3.26. The van der Waals surface area contributed by atoms with Crippen molar-refractivity contribution in [3.05, 3.63) is 59.7 Å². The number of nitrogens with one attached hydrogen (secondary N) is 2. The highest BCUT2D eigenvalue weighted by atomic mass is 32.1. The van der Waals surface area contributed by atoms with Crippen molar-refractivity contribution < 1.29 is 18.7 Å². The first kappa shape index (κ1) is 17.2. The number of carbonyl (C=O) groups is 2. The first-order valence-electron chi connectivity index (χ1n) is 8.16. The van der Waals surface area contributed by atoms with Crippen LogP contribution in [0.15, 0.2) is 53.9 Å². The number of thiazole rings is 1. The fourth-order valence-corrected chi connectivity index (χ4v) is 3.39. The van der Waals surface area contributed by atoms with Gasteiger partial charge in [-0.2, -0.15) is 0 Å². The smallest absolute Gasteiger partial charge is 0.266 e. The Balaban J connectivity index is 1.40. The minimum atomic E-state index is -0.906. The molecule has 1 aliphatic rings. The first-order valence-corrected chi connectivity index (χ1v) is 9.04. The summed E-state index contributed by atoms with van der Waals surface area (Å²) in [7, 11) is 0. The van der Waals surface area contributed by atoms with Crippen molar-refractivity contribution in [2.45, 2.75) is 12.5 Å². The van der Waals surface area contributed by atoms with E-state index in [4.69, 9.17) is 4.74 Å². The highest BCUT2D eigenvalue weighted by Gasteiger charge is 2.29. The number of halogens is 1. The van der Waals surface area contributed by atoms with Crippen molar-refractivity contribution in [1.29, 1.82) is 0 Å². The van der Waals surface area contributed by atoms with E-state index >= 15 is 0 Å². The third-order valence-corrected chi connectivity index (χ3v) is 4.73. The molecule has 0 unspecified atom stereocenters. The number of anilines is 2. The summed E-state index contributed by atoms with van der Waals surface area (Å²) in [6.07, 6.45) is -1.04. The lowest BCUT2D eigenvalue weighted by atomic mass is 10.1. The molecule has 8 heteroatoms. The molecule has 136 valence electrons. The summed E-state index contributed by atoms with van der Waals surface area (Å²) in [6.45, 7) is 0. The van der Waals surface area contributed by atoms with Crippen LogP contribution in [0.5, 0.6) is 5.75 Å². The van der Waals surface area contributed by atoms with Gasteiger partial charge in [0, 0.05) is 10.9 Å². The van der Waals surface area contributed by atoms with Gasteiger partial charge in [-0.25, -0.2) is 9.37 Å². The molecule has 1 atom stereocenters. The Bertz CT molecular complexity index is 1000. The Kier molecular flexibility index (Phi) is 4.55. The van der Waals surface area contributed by atoms with Crippen molar-refractivity contribution in [3.63, 3.8) is 0 Å². The molecule has 1 aromatic heterocycles. The third kappa shape index (κ3) is 3.80. The number of benzene rings is 2. The number of ether oxygens (including phenoxy) is 1. The van der Waals surface area contributed by atoms with Crippen LogP contribution in [0, 0.1) is 5.82 Å². The van der Waals surface area contributed by atoms with Crippen LogP contribution in [0.2, 0.25) is 0 Å². The van der Waals surface area contributed by atoms with Crippen LogP contribution in [-0.2, 0) is 9.59 Å². The van der Waals surface area contributed by atoms with E-state index in [1.165, 1.54) is 23.5 Å². The molecule has 0 radical (unpaired) electrons. The van der Waals surface area contributed by atoms with Crippen molar-refractivity contribution in [2.75, 3.05) is 10.6 Å². The van der Waals surface area contributed by atoms with Crippen LogP contribution >= 0.6 is 11.3 Å². The summed E-state index contributed by atoms with van der Waals surface area (Å²) in [5.41, 5.74) is 1.97. The van der Waals surface area contributed by atoms with Gasteiger partial charge in [-0.05, 0) is 36.4 Å². The molecular formula is C19H14FN3O3S. The SMILES string of the molecule is O=C(C[C@H]1Oc2ccccc2NC1=O)Nc1nc(-c2ccc(F)cc2)cs1. The van der Waals surface area contributed by atoms with E-state index in [1.807, 2.05) is 0 Å². The highest BCUT2D eigenvalue weighted by Crippen LogP contribution is 2.30. The summed E-state index contributed by atoms with van der Waals surface area (Å²) >= 11 is 1.25. The lowest BCUT2D eigenvalue weighted by molar-refractivity contribution is -0.128. The van der Waals surface area contributed by atoms with E-state index in [-0.39, 0.29) is 24.1 Å². The van der Waals surface area contributed by atoms with E-state index in [0.29, 0.717) is 22.3 Å².